The van der Waals surface area contributed by atoms with E-state index in [0.29, 0.717) is 17.8 Å². The number of carbonyl (C=O) groups excluding carboxylic acids is 1. The van der Waals surface area contributed by atoms with Gasteiger partial charge in [0, 0.05) is 13.2 Å². The van der Waals surface area contributed by atoms with Gasteiger partial charge in [-0.15, -0.1) is 0 Å². The van der Waals surface area contributed by atoms with Gasteiger partial charge in [-0.3, -0.25) is 14.2 Å². The van der Waals surface area contributed by atoms with Crippen LogP contribution in [0, 0.1) is 27.7 Å². The lowest BCUT2D eigenvalue weighted by Crippen LogP contribution is -2.14. The van der Waals surface area contributed by atoms with Crippen LogP contribution in [-0.4, -0.2) is 25.5 Å². The monoisotopic (exact) mass is 337 g/mol. The molecule has 0 unspecified atom stereocenters. The summed E-state index contributed by atoms with van der Waals surface area (Å²) in [6, 6.07) is 8.25. The Morgan fingerprint density at radius 1 is 1.08 bits per heavy atom. The Balaban J connectivity index is 1.86. The van der Waals surface area contributed by atoms with Crippen LogP contribution in [0.15, 0.2) is 30.5 Å². The minimum Gasteiger partial charge on any atom is -0.319 e. The maximum atomic E-state index is 12.6. The second-order valence-corrected chi connectivity index (χ2v) is 6.39. The summed E-state index contributed by atoms with van der Waals surface area (Å²) in [7, 11) is 1.81. The van der Waals surface area contributed by atoms with E-state index in [0.717, 1.165) is 17.1 Å². The van der Waals surface area contributed by atoms with Crippen LogP contribution in [0.2, 0.25) is 0 Å². The third-order valence-corrected chi connectivity index (χ3v) is 4.46. The second kappa shape index (κ2) is 6.55. The first kappa shape index (κ1) is 17.0. The molecule has 0 aliphatic rings. The zero-order valence-electron chi connectivity index (χ0n) is 15.3. The molecule has 0 saturated heterocycles. The van der Waals surface area contributed by atoms with Crippen molar-refractivity contribution in [1.29, 1.82) is 0 Å². The SMILES string of the molecule is Cc1ccccc1Cn1nc(C)c(NC(=O)c2cn(C)nc2C)c1C. The molecule has 6 nitrogen and oxygen atoms in total. The molecule has 0 fully saturated rings. The van der Waals surface area contributed by atoms with Gasteiger partial charge < -0.3 is 5.32 Å². The van der Waals surface area contributed by atoms with Crippen LogP contribution < -0.4 is 5.32 Å². The number of nitrogens with one attached hydrogen (secondary N) is 1. The number of anilines is 1. The minimum atomic E-state index is -0.160. The minimum absolute atomic E-state index is 0.160. The van der Waals surface area contributed by atoms with Crippen LogP contribution in [0.4, 0.5) is 5.69 Å². The summed E-state index contributed by atoms with van der Waals surface area (Å²) in [5, 5.41) is 11.8. The fourth-order valence-electron chi connectivity index (χ4n) is 2.98. The lowest BCUT2D eigenvalue weighted by molar-refractivity contribution is 0.102. The fraction of sp³-hybridized carbons (Fsp3) is 0.316. The molecule has 0 spiro atoms. The van der Waals surface area contributed by atoms with Crippen LogP contribution in [-0.2, 0) is 13.6 Å². The van der Waals surface area contributed by atoms with Gasteiger partial charge in [-0.2, -0.15) is 10.2 Å². The van der Waals surface area contributed by atoms with E-state index in [-0.39, 0.29) is 5.91 Å². The number of rotatable bonds is 4. The van der Waals surface area contributed by atoms with Gasteiger partial charge in [-0.25, -0.2) is 0 Å². The maximum absolute atomic E-state index is 12.6. The molecule has 1 N–H and O–H groups in total. The molecule has 1 aromatic carbocycles. The molecule has 3 rings (SSSR count). The Bertz CT molecular complexity index is 935. The van der Waals surface area contributed by atoms with E-state index in [2.05, 4.69) is 34.6 Å². The molecule has 1 amide bonds. The molecule has 0 saturated carbocycles. The average molecular weight is 337 g/mol. The van der Waals surface area contributed by atoms with Gasteiger partial charge in [0.2, 0.25) is 0 Å². The summed E-state index contributed by atoms with van der Waals surface area (Å²) in [6.07, 6.45) is 1.73. The van der Waals surface area contributed by atoms with Crippen LogP contribution in [0.5, 0.6) is 0 Å². The number of hydrogen-bond donors (Lipinski definition) is 1. The third kappa shape index (κ3) is 3.33. The quantitative estimate of drug-likeness (QED) is 0.795. The highest BCUT2D eigenvalue weighted by Crippen LogP contribution is 2.22. The Morgan fingerprint density at radius 3 is 2.44 bits per heavy atom. The summed E-state index contributed by atoms with van der Waals surface area (Å²) < 4.78 is 3.58. The first-order valence-electron chi connectivity index (χ1n) is 8.27. The van der Waals surface area contributed by atoms with E-state index in [1.54, 1.807) is 17.9 Å². The summed E-state index contributed by atoms with van der Waals surface area (Å²) in [6.45, 7) is 8.49. The van der Waals surface area contributed by atoms with Gasteiger partial charge in [0.15, 0.2) is 0 Å². The molecule has 3 aromatic rings. The summed E-state index contributed by atoms with van der Waals surface area (Å²) in [5.41, 5.74) is 6.25. The van der Waals surface area contributed by atoms with Crippen molar-refractivity contribution < 1.29 is 4.79 Å². The number of benzene rings is 1. The number of amides is 1. The Kier molecular flexibility index (Phi) is 4.44. The van der Waals surface area contributed by atoms with Crippen LogP contribution in [0.1, 0.15) is 38.6 Å². The van der Waals surface area contributed by atoms with E-state index in [1.807, 2.05) is 37.6 Å². The lowest BCUT2D eigenvalue weighted by atomic mass is 10.1. The summed E-state index contributed by atoms with van der Waals surface area (Å²) >= 11 is 0. The van der Waals surface area contributed by atoms with E-state index in [9.17, 15) is 4.79 Å². The highest BCUT2D eigenvalue weighted by atomic mass is 16.1. The Hall–Kier alpha value is -2.89. The molecule has 6 heteroatoms. The van der Waals surface area contributed by atoms with Crippen molar-refractivity contribution in [3.8, 4) is 0 Å². The zero-order chi connectivity index (χ0) is 18.1. The number of aromatic nitrogens is 4. The second-order valence-electron chi connectivity index (χ2n) is 6.39. The van der Waals surface area contributed by atoms with Crippen LogP contribution in [0.3, 0.4) is 0 Å². The zero-order valence-corrected chi connectivity index (χ0v) is 15.3. The van der Waals surface area contributed by atoms with E-state index in [4.69, 9.17) is 0 Å². The molecular formula is C19H23N5O. The first-order chi connectivity index (χ1) is 11.9. The van der Waals surface area contributed by atoms with Crippen molar-refractivity contribution in [2.24, 2.45) is 7.05 Å². The molecule has 0 radical (unpaired) electrons. The number of aryl methyl sites for hydroxylation is 4. The summed E-state index contributed by atoms with van der Waals surface area (Å²) in [4.78, 5) is 12.6. The first-order valence-corrected chi connectivity index (χ1v) is 8.27. The predicted octanol–water partition coefficient (Wildman–Crippen LogP) is 3.15. The van der Waals surface area contributed by atoms with E-state index in [1.165, 1.54) is 11.1 Å². The number of hydrogen-bond acceptors (Lipinski definition) is 3. The molecule has 2 heterocycles. The smallest absolute Gasteiger partial charge is 0.259 e. The number of nitrogens with zero attached hydrogens (tertiary/aromatic N) is 4. The van der Waals surface area contributed by atoms with Crippen molar-refractivity contribution in [3.63, 3.8) is 0 Å². The van der Waals surface area contributed by atoms with E-state index < -0.39 is 0 Å². The Labute approximate surface area is 147 Å². The van der Waals surface area contributed by atoms with Gasteiger partial charge in [0.25, 0.3) is 5.91 Å². The summed E-state index contributed by atoms with van der Waals surface area (Å²) in [5.74, 6) is -0.160. The highest BCUT2D eigenvalue weighted by Gasteiger charge is 2.18. The fourth-order valence-corrected chi connectivity index (χ4v) is 2.98. The average Bonchev–Trinajstić information content (AvgIpc) is 3.03. The molecule has 130 valence electrons. The molecule has 0 aliphatic heterocycles. The molecular weight excluding hydrogens is 314 g/mol. The normalized spacial score (nSPS) is 10.9. The van der Waals surface area contributed by atoms with Gasteiger partial charge >= 0.3 is 0 Å². The third-order valence-electron chi connectivity index (χ3n) is 4.46. The molecule has 0 atom stereocenters. The molecule has 0 aliphatic carbocycles. The topological polar surface area (TPSA) is 64.7 Å². The van der Waals surface area contributed by atoms with Crippen LogP contribution in [0.25, 0.3) is 0 Å². The maximum Gasteiger partial charge on any atom is 0.259 e. The van der Waals surface area contributed by atoms with Gasteiger partial charge in [-0.05, 0) is 38.8 Å². The lowest BCUT2D eigenvalue weighted by Gasteiger charge is -2.09. The number of carbonyl (C=O) groups is 1. The van der Waals surface area contributed by atoms with Crippen molar-refractivity contribution in [2.75, 3.05) is 5.32 Å². The van der Waals surface area contributed by atoms with Gasteiger partial charge in [0.1, 0.15) is 0 Å². The molecule has 25 heavy (non-hydrogen) atoms. The van der Waals surface area contributed by atoms with Crippen LogP contribution >= 0.6 is 0 Å². The van der Waals surface area contributed by atoms with Crippen molar-refractivity contribution in [1.82, 2.24) is 19.6 Å². The van der Waals surface area contributed by atoms with Crippen molar-refractivity contribution >= 4 is 11.6 Å². The Morgan fingerprint density at radius 2 is 1.80 bits per heavy atom. The highest BCUT2D eigenvalue weighted by molar-refractivity contribution is 6.05. The van der Waals surface area contributed by atoms with Gasteiger partial charge in [0.05, 0.1) is 34.9 Å². The van der Waals surface area contributed by atoms with E-state index >= 15 is 0 Å². The standard InChI is InChI=1S/C19H23N5O/c1-12-8-6-7-9-16(12)10-24-15(4)18(14(3)22-24)20-19(25)17-11-23(5)21-13(17)2/h6-9,11H,10H2,1-5H3,(H,20,25). The van der Waals surface area contributed by atoms with Gasteiger partial charge in [-0.1, -0.05) is 24.3 Å². The largest absolute Gasteiger partial charge is 0.319 e. The molecule has 0 bridgehead atoms. The van der Waals surface area contributed by atoms with Crippen molar-refractivity contribution in [2.45, 2.75) is 34.2 Å². The molecule has 2 aromatic heterocycles. The van der Waals surface area contributed by atoms with Crippen molar-refractivity contribution in [3.05, 3.63) is 64.2 Å². The predicted molar refractivity (Wildman–Crippen MR) is 97.9 cm³/mol.